The minimum absolute atomic E-state index is 0.0779. The van der Waals surface area contributed by atoms with E-state index in [4.69, 9.17) is 9.05 Å². The Hall–Kier alpha value is -0.760. The molecule has 0 heterocycles. The molecule has 0 spiro atoms. The van der Waals surface area contributed by atoms with Gasteiger partial charge in [0.2, 0.25) is 5.91 Å². The number of nitrogens with zero attached hydrogens (tertiary/aromatic N) is 1. The molecule has 0 saturated carbocycles. The van der Waals surface area contributed by atoms with Crippen molar-refractivity contribution in [2.24, 2.45) is 0 Å². The summed E-state index contributed by atoms with van der Waals surface area (Å²) in [6.07, 6.45) is 68.6. The molecule has 430 valence electrons. The molecular formula is C63H128N2O6P+. The molecule has 8 nitrogen and oxygen atoms in total. The minimum atomic E-state index is -4.32. The number of nitrogens with one attached hydrogen (secondary N) is 1. The molecule has 3 unspecified atom stereocenters. The number of rotatable bonds is 60. The molecule has 3 atom stereocenters. The van der Waals surface area contributed by atoms with Gasteiger partial charge in [0.25, 0.3) is 0 Å². The number of carbonyl (C=O) groups excluding carboxylic acids is 1. The molecule has 72 heavy (non-hydrogen) atoms. The number of allylic oxidation sites excluding steroid dienone is 2. The lowest BCUT2D eigenvalue weighted by Crippen LogP contribution is -2.46. The van der Waals surface area contributed by atoms with Crippen molar-refractivity contribution < 1.29 is 32.9 Å². The van der Waals surface area contributed by atoms with Gasteiger partial charge in [0.15, 0.2) is 0 Å². The Morgan fingerprint density at radius 1 is 0.458 bits per heavy atom. The Bertz CT molecular complexity index is 1180. The van der Waals surface area contributed by atoms with Crippen LogP contribution in [-0.2, 0) is 18.4 Å². The van der Waals surface area contributed by atoms with Gasteiger partial charge in [-0.05, 0) is 38.5 Å². The van der Waals surface area contributed by atoms with Crippen LogP contribution < -0.4 is 5.32 Å². The van der Waals surface area contributed by atoms with Crippen LogP contribution in [0.4, 0.5) is 0 Å². The third kappa shape index (κ3) is 57.0. The fraction of sp³-hybridized carbons (Fsp3) is 0.952. The van der Waals surface area contributed by atoms with Crippen molar-refractivity contribution in [1.29, 1.82) is 0 Å². The zero-order chi connectivity index (χ0) is 52.7. The Morgan fingerprint density at radius 2 is 0.750 bits per heavy atom. The van der Waals surface area contributed by atoms with Gasteiger partial charge < -0.3 is 19.8 Å². The number of aliphatic hydroxyl groups excluding tert-OH is 1. The van der Waals surface area contributed by atoms with E-state index in [0.29, 0.717) is 23.9 Å². The smallest absolute Gasteiger partial charge is 0.391 e. The number of unbranched alkanes of at least 4 members (excludes halogenated alkanes) is 45. The fourth-order valence-electron chi connectivity index (χ4n) is 9.99. The average Bonchev–Trinajstić information content (AvgIpc) is 3.34. The Morgan fingerprint density at radius 3 is 1.07 bits per heavy atom. The van der Waals surface area contributed by atoms with Crippen LogP contribution in [0.5, 0.6) is 0 Å². The van der Waals surface area contributed by atoms with Crippen LogP contribution in [0.3, 0.4) is 0 Å². The van der Waals surface area contributed by atoms with E-state index >= 15 is 0 Å². The monoisotopic (exact) mass is 1040 g/mol. The molecule has 1 amide bonds. The van der Waals surface area contributed by atoms with Crippen molar-refractivity contribution in [3.63, 3.8) is 0 Å². The number of quaternary nitrogens is 1. The molecule has 3 N–H and O–H groups in total. The summed E-state index contributed by atoms with van der Waals surface area (Å²) in [7, 11) is 1.64. The first-order chi connectivity index (χ1) is 35.0. The maximum absolute atomic E-state index is 13.0. The highest BCUT2D eigenvalue weighted by molar-refractivity contribution is 7.47. The third-order valence-electron chi connectivity index (χ3n) is 15.0. The van der Waals surface area contributed by atoms with Gasteiger partial charge in [0, 0.05) is 6.42 Å². The van der Waals surface area contributed by atoms with E-state index < -0.39 is 20.0 Å². The van der Waals surface area contributed by atoms with E-state index in [2.05, 4.69) is 31.3 Å². The number of phosphoric acid groups is 1. The Labute approximate surface area is 450 Å². The number of hydrogen-bond acceptors (Lipinski definition) is 5. The molecule has 0 radical (unpaired) electrons. The van der Waals surface area contributed by atoms with Crippen LogP contribution >= 0.6 is 7.82 Å². The summed E-state index contributed by atoms with van der Waals surface area (Å²) in [5.41, 5.74) is 0. The number of hydrogen-bond donors (Lipinski definition) is 3. The first-order valence-corrected chi connectivity index (χ1v) is 33.5. The fourth-order valence-corrected chi connectivity index (χ4v) is 10.7. The number of amides is 1. The van der Waals surface area contributed by atoms with Gasteiger partial charge in [-0.15, -0.1) is 0 Å². The highest BCUT2D eigenvalue weighted by atomic mass is 31.2. The van der Waals surface area contributed by atoms with Gasteiger partial charge in [-0.1, -0.05) is 302 Å². The van der Waals surface area contributed by atoms with Crippen molar-refractivity contribution in [2.75, 3.05) is 40.9 Å². The van der Waals surface area contributed by atoms with Crippen LogP contribution in [0.2, 0.25) is 0 Å². The van der Waals surface area contributed by atoms with Crippen molar-refractivity contribution >= 4 is 13.7 Å². The normalized spacial score (nSPS) is 13.8. The van der Waals surface area contributed by atoms with E-state index in [0.717, 1.165) is 38.5 Å². The molecule has 0 aliphatic carbocycles. The van der Waals surface area contributed by atoms with Gasteiger partial charge in [-0.2, -0.15) is 0 Å². The van der Waals surface area contributed by atoms with E-state index in [1.165, 1.54) is 270 Å². The van der Waals surface area contributed by atoms with Gasteiger partial charge >= 0.3 is 7.82 Å². The summed E-state index contributed by atoms with van der Waals surface area (Å²) in [6, 6.07) is -0.758. The first kappa shape index (κ1) is 71.2. The Kier molecular flexibility index (Phi) is 54.4. The summed E-state index contributed by atoms with van der Waals surface area (Å²) in [6.45, 7) is 4.95. The van der Waals surface area contributed by atoms with Crippen molar-refractivity contribution in [3.8, 4) is 0 Å². The molecule has 0 aromatic carbocycles. The second-order valence-electron chi connectivity index (χ2n) is 23.5. The first-order valence-electron chi connectivity index (χ1n) is 32.1. The summed E-state index contributed by atoms with van der Waals surface area (Å²) in [4.78, 5) is 23.4. The molecule has 0 rings (SSSR count). The molecule has 0 bridgehead atoms. The standard InChI is InChI=1S/C63H127N2O6P/c1-6-8-10-12-14-16-18-20-22-24-26-28-30-31-32-33-35-37-39-41-43-45-47-49-51-53-55-57-63(67)64-61(60-71-72(68,69)70-59-58-65(3,4)5)62(66)56-54-52-50-48-46-44-42-40-38-36-34-29-27-25-23-21-19-17-15-13-11-9-7-2/h24,26,61-62,66H,6-23,25,27-60H2,1-5H3,(H-,64,67,68,69)/p+1/b26-24-. The molecule has 0 aromatic rings. The molecule has 0 fully saturated rings. The summed E-state index contributed by atoms with van der Waals surface area (Å²) in [5.74, 6) is -0.137. The SMILES string of the molecule is CCCCCCCCCC/C=C\CCCCCCCCCCCCCCCCCC(=O)NC(COP(=O)(O)OCC[N+](C)(C)C)C(O)CCCCCCCCCCCCCCCCCCCCCCCCC. The predicted molar refractivity (Wildman–Crippen MR) is 314 cm³/mol. The second kappa shape index (κ2) is 55.0. The highest BCUT2D eigenvalue weighted by Crippen LogP contribution is 2.43. The van der Waals surface area contributed by atoms with Gasteiger partial charge in [0.1, 0.15) is 13.2 Å². The lowest BCUT2D eigenvalue weighted by molar-refractivity contribution is -0.870. The van der Waals surface area contributed by atoms with Crippen LogP contribution in [0.25, 0.3) is 0 Å². The van der Waals surface area contributed by atoms with E-state index in [1.807, 2.05) is 21.1 Å². The third-order valence-corrected chi connectivity index (χ3v) is 16.0. The number of carbonyl (C=O) groups is 1. The summed E-state index contributed by atoms with van der Waals surface area (Å²) >= 11 is 0. The van der Waals surface area contributed by atoms with Gasteiger partial charge in [-0.3, -0.25) is 13.8 Å². The lowest BCUT2D eigenvalue weighted by Gasteiger charge is -2.26. The summed E-state index contributed by atoms with van der Waals surface area (Å²) < 4.78 is 23.9. The van der Waals surface area contributed by atoms with Crippen molar-refractivity contribution in [3.05, 3.63) is 12.2 Å². The molecular weight excluding hydrogens is 912 g/mol. The van der Waals surface area contributed by atoms with Gasteiger partial charge in [0.05, 0.1) is 39.9 Å². The zero-order valence-electron chi connectivity index (χ0n) is 49.2. The maximum Gasteiger partial charge on any atom is 0.472 e. The van der Waals surface area contributed by atoms with E-state index in [-0.39, 0.29) is 19.1 Å². The van der Waals surface area contributed by atoms with Gasteiger partial charge in [-0.25, -0.2) is 4.57 Å². The van der Waals surface area contributed by atoms with Crippen LogP contribution in [0.15, 0.2) is 12.2 Å². The highest BCUT2D eigenvalue weighted by Gasteiger charge is 2.28. The molecule has 9 heteroatoms. The van der Waals surface area contributed by atoms with Crippen molar-refractivity contribution in [1.82, 2.24) is 5.32 Å². The maximum atomic E-state index is 13.0. The predicted octanol–water partition coefficient (Wildman–Crippen LogP) is 19.8. The topological polar surface area (TPSA) is 105 Å². The van der Waals surface area contributed by atoms with Crippen LogP contribution in [-0.4, -0.2) is 73.4 Å². The second-order valence-corrected chi connectivity index (χ2v) is 25.0. The van der Waals surface area contributed by atoms with E-state index in [1.54, 1.807) is 0 Å². The van der Waals surface area contributed by atoms with Crippen molar-refractivity contribution in [2.45, 2.75) is 347 Å². The molecule has 0 saturated heterocycles. The lowest BCUT2D eigenvalue weighted by atomic mass is 10.0. The number of likely N-dealkylation sites (N-methyl/N-ethyl adjacent to an activating group) is 1. The molecule has 0 aliphatic heterocycles. The quantitative estimate of drug-likeness (QED) is 0.0243. The largest absolute Gasteiger partial charge is 0.472 e. The number of aliphatic hydroxyl groups is 1. The average molecular weight is 1040 g/mol. The zero-order valence-corrected chi connectivity index (χ0v) is 50.1. The summed E-state index contributed by atoms with van der Waals surface area (Å²) in [5, 5.41) is 14.1. The van der Waals surface area contributed by atoms with E-state index in [9.17, 15) is 19.4 Å². The number of phosphoric ester groups is 1. The molecule has 0 aromatic heterocycles. The van der Waals surface area contributed by atoms with Crippen LogP contribution in [0.1, 0.15) is 335 Å². The minimum Gasteiger partial charge on any atom is -0.391 e. The molecule has 0 aliphatic rings. The van der Waals surface area contributed by atoms with Crippen LogP contribution in [0, 0.1) is 0 Å². The Balaban J connectivity index is 4.06.